The van der Waals surface area contributed by atoms with E-state index in [4.69, 9.17) is 4.74 Å². The topological polar surface area (TPSA) is 96.4 Å². The smallest absolute Gasteiger partial charge is 0.311 e. The zero-order valence-electron chi connectivity index (χ0n) is 12.9. The summed E-state index contributed by atoms with van der Waals surface area (Å²) in [5.74, 6) is -0.0890. The second-order valence-electron chi connectivity index (χ2n) is 4.82. The van der Waals surface area contributed by atoms with Crippen molar-refractivity contribution in [2.45, 2.75) is 34.1 Å². The minimum atomic E-state index is -0.341. The van der Waals surface area contributed by atoms with Crippen LogP contribution in [0.25, 0.3) is 10.2 Å². The van der Waals surface area contributed by atoms with Gasteiger partial charge in [-0.15, -0.1) is 11.3 Å². The van der Waals surface area contributed by atoms with Crippen molar-refractivity contribution in [1.29, 1.82) is 0 Å². The number of thiophene rings is 1. The van der Waals surface area contributed by atoms with E-state index >= 15 is 0 Å². The number of fused-ring (bicyclic) bond motifs is 1. The van der Waals surface area contributed by atoms with Crippen LogP contribution in [0.3, 0.4) is 0 Å². The standard InChI is InChI=1S/C14H18N4O3S/c1-5-21-10(19)6-7(2)17-18-14-15-12(20)11-8(3)9(4)22-13(11)16-14/h5-6H2,1-4H3,(H2,15,16,18,20). The van der Waals surface area contributed by atoms with Crippen LogP contribution in [-0.2, 0) is 9.53 Å². The van der Waals surface area contributed by atoms with E-state index in [2.05, 4.69) is 20.5 Å². The highest BCUT2D eigenvalue weighted by Gasteiger charge is 2.11. The molecular formula is C14H18N4O3S. The molecule has 0 atom stereocenters. The predicted octanol–water partition coefficient (Wildman–Crippen LogP) is 2.34. The number of H-pyrrole nitrogens is 1. The van der Waals surface area contributed by atoms with Crippen LogP contribution in [-0.4, -0.2) is 28.3 Å². The van der Waals surface area contributed by atoms with Crippen LogP contribution < -0.4 is 11.0 Å². The van der Waals surface area contributed by atoms with E-state index in [0.29, 0.717) is 22.5 Å². The van der Waals surface area contributed by atoms with Crippen LogP contribution >= 0.6 is 11.3 Å². The number of nitrogens with zero attached hydrogens (tertiary/aromatic N) is 2. The highest BCUT2D eigenvalue weighted by Crippen LogP contribution is 2.26. The number of rotatable bonds is 5. The maximum atomic E-state index is 12.1. The van der Waals surface area contributed by atoms with Crippen molar-refractivity contribution in [3.8, 4) is 0 Å². The quantitative estimate of drug-likeness (QED) is 0.500. The Bertz CT molecular complexity index is 791. The first-order valence-electron chi connectivity index (χ1n) is 6.87. The van der Waals surface area contributed by atoms with Crippen LogP contribution in [0.2, 0.25) is 0 Å². The first-order valence-corrected chi connectivity index (χ1v) is 7.68. The Morgan fingerprint density at radius 2 is 2.18 bits per heavy atom. The van der Waals surface area contributed by atoms with Gasteiger partial charge in [-0.2, -0.15) is 5.10 Å². The fourth-order valence-corrected chi connectivity index (χ4v) is 2.95. The summed E-state index contributed by atoms with van der Waals surface area (Å²) in [5, 5.41) is 4.64. The van der Waals surface area contributed by atoms with Crippen molar-refractivity contribution in [3.63, 3.8) is 0 Å². The molecule has 2 heterocycles. The number of anilines is 1. The second kappa shape index (κ2) is 6.69. The van der Waals surface area contributed by atoms with Gasteiger partial charge in [-0.3, -0.25) is 14.6 Å². The normalized spacial score (nSPS) is 11.7. The molecule has 8 heteroatoms. The van der Waals surface area contributed by atoms with Crippen molar-refractivity contribution in [2.75, 3.05) is 12.0 Å². The molecule has 0 spiro atoms. The Balaban J connectivity index is 2.19. The van der Waals surface area contributed by atoms with Crippen molar-refractivity contribution >= 4 is 39.2 Å². The fourth-order valence-electron chi connectivity index (χ4n) is 1.92. The molecule has 2 aromatic heterocycles. The van der Waals surface area contributed by atoms with E-state index in [0.717, 1.165) is 10.4 Å². The number of carbonyl (C=O) groups is 1. The molecule has 0 radical (unpaired) electrons. The average Bonchev–Trinajstić information content (AvgIpc) is 2.72. The molecular weight excluding hydrogens is 304 g/mol. The summed E-state index contributed by atoms with van der Waals surface area (Å²) in [4.78, 5) is 32.1. The van der Waals surface area contributed by atoms with Gasteiger partial charge >= 0.3 is 5.97 Å². The molecule has 0 aliphatic carbocycles. The van der Waals surface area contributed by atoms with E-state index in [9.17, 15) is 9.59 Å². The Hall–Kier alpha value is -2.22. The first-order chi connectivity index (χ1) is 10.4. The molecule has 0 bridgehead atoms. The Morgan fingerprint density at radius 3 is 2.86 bits per heavy atom. The van der Waals surface area contributed by atoms with Gasteiger partial charge in [-0.25, -0.2) is 10.4 Å². The Kier molecular flexibility index (Phi) is 4.92. The lowest BCUT2D eigenvalue weighted by atomic mass is 10.2. The molecule has 118 valence electrons. The summed E-state index contributed by atoms with van der Waals surface area (Å²) in [7, 11) is 0. The van der Waals surface area contributed by atoms with Gasteiger partial charge in [0.15, 0.2) is 0 Å². The second-order valence-corrected chi connectivity index (χ2v) is 6.02. The SMILES string of the molecule is CCOC(=O)CC(C)=NNc1nc2sc(C)c(C)c2c(=O)[nH]1. The van der Waals surface area contributed by atoms with Gasteiger partial charge in [0, 0.05) is 10.6 Å². The molecule has 0 aromatic carbocycles. The highest BCUT2D eigenvalue weighted by molar-refractivity contribution is 7.18. The zero-order valence-corrected chi connectivity index (χ0v) is 13.8. The van der Waals surface area contributed by atoms with Gasteiger partial charge in [-0.1, -0.05) is 0 Å². The van der Waals surface area contributed by atoms with E-state index in [1.54, 1.807) is 13.8 Å². The molecule has 2 rings (SSSR count). The lowest BCUT2D eigenvalue weighted by Crippen LogP contribution is -2.13. The number of aryl methyl sites for hydroxylation is 2. The predicted molar refractivity (Wildman–Crippen MR) is 87.7 cm³/mol. The number of aromatic amines is 1. The molecule has 0 aliphatic heterocycles. The summed E-state index contributed by atoms with van der Waals surface area (Å²) in [6, 6.07) is 0. The van der Waals surface area contributed by atoms with E-state index in [1.807, 2.05) is 13.8 Å². The van der Waals surface area contributed by atoms with Crippen LogP contribution in [0, 0.1) is 13.8 Å². The molecule has 22 heavy (non-hydrogen) atoms. The third-order valence-electron chi connectivity index (χ3n) is 3.10. The number of carbonyl (C=O) groups excluding carboxylic acids is 1. The highest BCUT2D eigenvalue weighted by atomic mass is 32.1. The maximum Gasteiger partial charge on any atom is 0.311 e. The number of hydrogen-bond acceptors (Lipinski definition) is 7. The minimum absolute atomic E-state index is 0.0878. The van der Waals surface area contributed by atoms with E-state index < -0.39 is 0 Å². The molecule has 0 fully saturated rings. The van der Waals surface area contributed by atoms with Crippen LogP contribution in [0.5, 0.6) is 0 Å². The molecule has 0 amide bonds. The molecule has 0 unspecified atom stereocenters. The fraction of sp³-hybridized carbons (Fsp3) is 0.429. The van der Waals surface area contributed by atoms with E-state index in [-0.39, 0.29) is 23.9 Å². The van der Waals surface area contributed by atoms with Gasteiger partial charge in [0.1, 0.15) is 4.83 Å². The average molecular weight is 322 g/mol. The summed E-state index contributed by atoms with van der Waals surface area (Å²) < 4.78 is 4.84. The molecule has 0 saturated carbocycles. The number of nitrogens with one attached hydrogen (secondary N) is 2. The largest absolute Gasteiger partial charge is 0.466 e. The Labute approximate surface area is 131 Å². The van der Waals surface area contributed by atoms with Crippen molar-refractivity contribution < 1.29 is 9.53 Å². The van der Waals surface area contributed by atoms with Crippen molar-refractivity contribution in [1.82, 2.24) is 9.97 Å². The van der Waals surface area contributed by atoms with Crippen molar-refractivity contribution in [3.05, 3.63) is 20.8 Å². The van der Waals surface area contributed by atoms with Gasteiger partial charge in [0.05, 0.1) is 18.4 Å². The molecule has 2 N–H and O–H groups in total. The number of aromatic nitrogens is 2. The number of ether oxygens (including phenoxy) is 1. The Morgan fingerprint density at radius 1 is 1.45 bits per heavy atom. The lowest BCUT2D eigenvalue weighted by molar-refractivity contribution is -0.141. The van der Waals surface area contributed by atoms with E-state index in [1.165, 1.54) is 11.3 Å². The van der Waals surface area contributed by atoms with Crippen molar-refractivity contribution in [2.24, 2.45) is 5.10 Å². The molecule has 0 aliphatic rings. The summed E-state index contributed by atoms with van der Waals surface area (Å²) in [5.41, 5.74) is 3.96. The molecule has 7 nitrogen and oxygen atoms in total. The summed E-state index contributed by atoms with van der Waals surface area (Å²) in [6.45, 7) is 7.63. The van der Waals surface area contributed by atoms with Gasteiger partial charge in [0.2, 0.25) is 5.95 Å². The van der Waals surface area contributed by atoms with Crippen LogP contribution in [0.4, 0.5) is 5.95 Å². The van der Waals surface area contributed by atoms with Gasteiger partial charge in [0.25, 0.3) is 5.56 Å². The number of esters is 1. The minimum Gasteiger partial charge on any atom is -0.466 e. The van der Waals surface area contributed by atoms with Crippen LogP contribution in [0.1, 0.15) is 30.7 Å². The van der Waals surface area contributed by atoms with Crippen LogP contribution in [0.15, 0.2) is 9.90 Å². The number of hydrazone groups is 1. The number of hydrogen-bond donors (Lipinski definition) is 2. The molecule has 2 aromatic rings. The maximum absolute atomic E-state index is 12.1. The summed E-state index contributed by atoms with van der Waals surface area (Å²) in [6.07, 6.45) is 0.0878. The van der Waals surface area contributed by atoms with Gasteiger partial charge in [-0.05, 0) is 33.3 Å². The first kappa shape index (κ1) is 16.2. The summed E-state index contributed by atoms with van der Waals surface area (Å²) >= 11 is 1.46. The zero-order chi connectivity index (χ0) is 16.3. The lowest BCUT2D eigenvalue weighted by Gasteiger charge is -2.03. The van der Waals surface area contributed by atoms with Gasteiger partial charge < -0.3 is 4.74 Å². The third-order valence-corrected chi connectivity index (χ3v) is 4.20. The monoisotopic (exact) mass is 322 g/mol. The molecule has 0 saturated heterocycles. The third kappa shape index (κ3) is 3.51.